The predicted octanol–water partition coefficient (Wildman–Crippen LogP) is 3.73. The van der Waals surface area contributed by atoms with Gasteiger partial charge in [0, 0.05) is 10.3 Å². The lowest BCUT2D eigenvalue weighted by Gasteiger charge is -2.36. The van der Waals surface area contributed by atoms with Gasteiger partial charge in [-0.25, -0.2) is 4.39 Å². The number of hydrogen-bond acceptors (Lipinski definition) is 5. The van der Waals surface area contributed by atoms with Crippen LogP contribution < -0.4 is 4.74 Å². The van der Waals surface area contributed by atoms with Crippen LogP contribution in [0, 0.1) is 5.82 Å². The normalized spacial score (nSPS) is 24.9. The van der Waals surface area contributed by atoms with Gasteiger partial charge in [0.1, 0.15) is 0 Å². The highest BCUT2D eigenvalue weighted by molar-refractivity contribution is 8.00. The molecule has 0 spiro atoms. The summed E-state index contributed by atoms with van der Waals surface area (Å²) in [6, 6.07) is 10.3. The molecule has 1 fully saturated rings. The molecule has 3 rings (SSSR count). The van der Waals surface area contributed by atoms with Crippen molar-refractivity contribution in [2.24, 2.45) is 0 Å². The molecule has 0 saturated carbocycles. The molecule has 1 heterocycles. The molecule has 4 atom stereocenters. The zero-order chi connectivity index (χ0) is 20.3. The number of aliphatic hydroxyl groups is 3. The number of hydrogen-bond donors (Lipinski definition) is 3. The molecule has 3 N–H and O–H groups in total. The molecule has 0 unspecified atom stereocenters. The molecule has 28 heavy (non-hydrogen) atoms. The topological polar surface area (TPSA) is 69.9 Å². The minimum Gasteiger partial charge on any atom is -0.491 e. The first-order chi connectivity index (χ1) is 13.4. The molecule has 1 aliphatic rings. The standard InChI is InChI=1S/C21H24ClFO4S/c1-2-27-19-6-3-12(8-17(19)23)7-14-9-13(4-5-16(14)22)21-20(26)18(25)10-15(11-24)28-21/h3-6,8-9,15,18,20-21,24-26H,2,7,10-11H2,1H3/t15-,18-,20+,21-/m0/s1. The monoisotopic (exact) mass is 426 g/mol. The van der Waals surface area contributed by atoms with Gasteiger partial charge in [-0.15, -0.1) is 11.8 Å². The van der Waals surface area contributed by atoms with E-state index in [1.807, 2.05) is 12.1 Å². The minimum absolute atomic E-state index is 0.0587. The number of thioether (sulfide) groups is 1. The second-order valence-electron chi connectivity index (χ2n) is 6.88. The first-order valence-corrected chi connectivity index (χ1v) is 10.6. The van der Waals surface area contributed by atoms with Gasteiger partial charge in [-0.3, -0.25) is 0 Å². The van der Waals surface area contributed by atoms with E-state index in [1.165, 1.54) is 17.8 Å². The summed E-state index contributed by atoms with van der Waals surface area (Å²) in [4.78, 5) is 0. The molecule has 2 aromatic rings. The molecule has 1 aliphatic heterocycles. The molecule has 2 aromatic carbocycles. The lowest BCUT2D eigenvalue weighted by Crippen LogP contribution is -2.39. The van der Waals surface area contributed by atoms with E-state index in [4.69, 9.17) is 16.3 Å². The largest absolute Gasteiger partial charge is 0.491 e. The summed E-state index contributed by atoms with van der Waals surface area (Å²) < 4.78 is 19.4. The van der Waals surface area contributed by atoms with E-state index in [0.717, 1.165) is 16.7 Å². The number of benzene rings is 2. The third-order valence-electron chi connectivity index (χ3n) is 4.84. The van der Waals surface area contributed by atoms with Crippen LogP contribution in [0.1, 0.15) is 35.3 Å². The van der Waals surface area contributed by atoms with Gasteiger partial charge in [-0.05, 0) is 54.7 Å². The summed E-state index contributed by atoms with van der Waals surface area (Å²) in [5.74, 6) is -0.198. The van der Waals surface area contributed by atoms with Crippen molar-refractivity contribution >= 4 is 23.4 Å². The highest BCUT2D eigenvalue weighted by Crippen LogP contribution is 2.43. The van der Waals surface area contributed by atoms with E-state index in [1.54, 1.807) is 25.1 Å². The fourth-order valence-electron chi connectivity index (χ4n) is 3.40. The molecule has 0 radical (unpaired) electrons. The number of ether oxygens (including phenoxy) is 1. The van der Waals surface area contributed by atoms with Crippen LogP contribution in [0.5, 0.6) is 5.75 Å². The van der Waals surface area contributed by atoms with Gasteiger partial charge in [0.05, 0.1) is 30.7 Å². The summed E-state index contributed by atoms with van der Waals surface area (Å²) >= 11 is 7.80. The van der Waals surface area contributed by atoms with Gasteiger partial charge < -0.3 is 20.1 Å². The minimum atomic E-state index is -0.926. The summed E-state index contributed by atoms with van der Waals surface area (Å²) in [6.07, 6.45) is -1.03. The van der Waals surface area contributed by atoms with Crippen molar-refractivity contribution in [1.29, 1.82) is 0 Å². The average molecular weight is 427 g/mol. The molecule has 152 valence electrons. The second-order valence-corrected chi connectivity index (χ2v) is 8.73. The molecule has 1 saturated heterocycles. The van der Waals surface area contributed by atoms with Crippen LogP contribution in [0.4, 0.5) is 4.39 Å². The Balaban J connectivity index is 1.84. The van der Waals surface area contributed by atoms with E-state index in [2.05, 4.69) is 0 Å². The van der Waals surface area contributed by atoms with Crippen molar-refractivity contribution in [1.82, 2.24) is 0 Å². The van der Waals surface area contributed by atoms with Crippen molar-refractivity contribution in [3.05, 3.63) is 63.9 Å². The third kappa shape index (κ3) is 4.81. The number of aliphatic hydroxyl groups excluding tert-OH is 3. The Labute approximate surface area is 173 Å². The van der Waals surface area contributed by atoms with E-state index >= 15 is 0 Å². The Morgan fingerprint density at radius 1 is 1.21 bits per heavy atom. The van der Waals surface area contributed by atoms with Crippen LogP contribution in [-0.2, 0) is 6.42 Å². The summed E-state index contributed by atoms with van der Waals surface area (Å²) in [7, 11) is 0. The van der Waals surface area contributed by atoms with Gasteiger partial charge in [-0.2, -0.15) is 0 Å². The Morgan fingerprint density at radius 2 is 2.00 bits per heavy atom. The highest BCUT2D eigenvalue weighted by atomic mass is 35.5. The zero-order valence-electron chi connectivity index (χ0n) is 15.5. The highest BCUT2D eigenvalue weighted by Gasteiger charge is 2.37. The van der Waals surface area contributed by atoms with Gasteiger partial charge in [0.2, 0.25) is 0 Å². The van der Waals surface area contributed by atoms with Crippen LogP contribution in [0.3, 0.4) is 0 Å². The maximum atomic E-state index is 14.1. The first kappa shape index (κ1) is 21.4. The van der Waals surface area contributed by atoms with Gasteiger partial charge >= 0.3 is 0 Å². The molecular weight excluding hydrogens is 403 g/mol. The number of halogens is 2. The van der Waals surface area contributed by atoms with Gasteiger partial charge in [0.25, 0.3) is 0 Å². The Kier molecular flexibility index (Phi) is 7.23. The van der Waals surface area contributed by atoms with E-state index < -0.39 is 18.0 Å². The summed E-state index contributed by atoms with van der Waals surface area (Å²) in [5, 5.41) is 30.0. The average Bonchev–Trinajstić information content (AvgIpc) is 2.68. The van der Waals surface area contributed by atoms with Crippen LogP contribution in [-0.4, -0.2) is 46.0 Å². The SMILES string of the molecule is CCOc1ccc(Cc2cc([C@@H]3S[C@H](CO)C[C@H](O)[C@H]3O)ccc2Cl)cc1F. The lowest BCUT2D eigenvalue weighted by molar-refractivity contribution is 0.00526. The predicted molar refractivity (Wildman–Crippen MR) is 110 cm³/mol. The van der Waals surface area contributed by atoms with E-state index in [-0.39, 0.29) is 22.9 Å². The van der Waals surface area contributed by atoms with E-state index in [0.29, 0.717) is 24.5 Å². The molecule has 0 aromatic heterocycles. The van der Waals surface area contributed by atoms with Crippen molar-refractivity contribution < 1.29 is 24.4 Å². The smallest absolute Gasteiger partial charge is 0.165 e. The van der Waals surface area contributed by atoms with Crippen molar-refractivity contribution in [3.8, 4) is 5.75 Å². The Morgan fingerprint density at radius 3 is 2.68 bits per heavy atom. The van der Waals surface area contributed by atoms with Gasteiger partial charge in [-0.1, -0.05) is 29.8 Å². The fraction of sp³-hybridized carbons (Fsp3) is 0.429. The summed E-state index contributed by atoms with van der Waals surface area (Å²) in [6.45, 7) is 2.14. The molecular formula is C21H24ClFO4S. The van der Waals surface area contributed by atoms with Crippen molar-refractivity contribution in [2.75, 3.05) is 13.2 Å². The van der Waals surface area contributed by atoms with Crippen molar-refractivity contribution in [3.63, 3.8) is 0 Å². The Hall–Kier alpha value is -1.31. The van der Waals surface area contributed by atoms with E-state index in [9.17, 15) is 19.7 Å². The van der Waals surface area contributed by atoms with Crippen molar-refractivity contribution in [2.45, 2.75) is 42.5 Å². The van der Waals surface area contributed by atoms with Crippen LogP contribution in [0.25, 0.3) is 0 Å². The second kappa shape index (κ2) is 9.46. The summed E-state index contributed by atoms with van der Waals surface area (Å²) in [5.41, 5.74) is 2.38. The Bertz CT molecular complexity index is 819. The maximum Gasteiger partial charge on any atom is 0.165 e. The quantitative estimate of drug-likeness (QED) is 0.656. The first-order valence-electron chi connectivity index (χ1n) is 9.25. The molecule has 7 heteroatoms. The van der Waals surface area contributed by atoms with Crippen LogP contribution in [0.15, 0.2) is 36.4 Å². The molecule has 4 nitrogen and oxygen atoms in total. The third-order valence-corrected chi connectivity index (χ3v) is 6.78. The van der Waals surface area contributed by atoms with Crippen LogP contribution in [0.2, 0.25) is 5.02 Å². The molecule has 0 bridgehead atoms. The maximum absolute atomic E-state index is 14.1. The zero-order valence-corrected chi connectivity index (χ0v) is 17.1. The molecule has 0 aliphatic carbocycles. The lowest BCUT2D eigenvalue weighted by atomic mass is 9.96. The van der Waals surface area contributed by atoms with Gasteiger partial charge in [0.15, 0.2) is 11.6 Å². The fourth-order valence-corrected chi connectivity index (χ4v) is 5.04. The number of rotatable bonds is 6. The molecule has 0 amide bonds. The van der Waals surface area contributed by atoms with Crippen LogP contribution >= 0.6 is 23.4 Å².